The first-order valence-electron chi connectivity index (χ1n) is 8.67. The molecule has 0 aliphatic carbocycles. The molecule has 0 bridgehead atoms. The van der Waals surface area contributed by atoms with Crippen molar-refractivity contribution in [2.24, 2.45) is 0 Å². The Hall–Kier alpha value is -2.44. The first kappa shape index (κ1) is 16.1. The van der Waals surface area contributed by atoms with E-state index in [9.17, 15) is 4.79 Å². The fraction of sp³-hybridized carbons (Fsp3) is 0.368. The normalized spacial score (nSPS) is 21.6. The minimum absolute atomic E-state index is 0.0720. The van der Waals surface area contributed by atoms with Gasteiger partial charge in [-0.15, -0.1) is 5.10 Å². The monoisotopic (exact) mass is 338 g/mol. The van der Waals surface area contributed by atoms with Gasteiger partial charge in [0.2, 0.25) is 0 Å². The van der Waals surface area contributed by atoms with Crippen LogP contribution in [0.25, 0.3) is 5.65 Å². The van der Waals surface area contributed by atoms with E-state index in [1.54, 1.807) is 15.3 Å². The lowest BCUT2D eigenvalue weighted by molar-refractivity contribution is -0.0797. The van der Waals surface area contributed by atoms with Gasteiger partial charge in [0, 0.05) is 25.8 Å². The number of benzene rings is 1. The van der Waals surface area contributed by atoms with Gasteiger partial charge in [-0.25, -0.2) is 9.48 Å². The zero-order valence-corrected chi connectivity index (χ0v) is 14.3. The van der Waals surface area contributed by atoms with E-state index in [0.717, 1.165) is 19.6 Å². The molecule has 0 radical (unpaired) electrons. The molecule has 4 rings (SSSR count). The van der Waals surface area contributed by atoms with Gasteiger partial charge in [-0.3, -0.25) is 9.30 Å². The molecule has 2 aromatic heterocycles. The van der Waals surface area contributed by atoms with Crippen LogP contribution in [0.2, 0.25) is 0 Å². The van der Waals surface area contributed by atoms with Gasteiger partial charge in [0.15, 0.2) is 5.65 Å². The van der Waals surface area contributed by atoms with Gasteiger partial charge in [0.05, 0.1) is 18.8 Å². The van der Waals surface area contributed by atoms with Crippen LogP contribution >= 0.6 is 0 Å². The number of rotatable bonds is 4. The Balaban J connectivity index is 1.46. The summed E-state index contributed by atoms with van der Waals surface area (Å²) in [5, 5.41) is 4.40. The van der Waals surface area contributed by atoms with Gasteiger partial charge < -0.3 is 4.74 Å². The first-order chi connectivity index (χ1) is 12.2. The Morgan fingerprint density at radius 2 is 1.88 bits per heavy atom. The molecule has 2 atom stereocenters. The van der Waals surface area contributed by atoms with Crippen molar-refractivity contribution in [2.75, 3.05) is 19.6 Å². The third kappa shape index (κ3) is 3.36. The molecule has 0 saturated carbocycles. The van der Waals surface area contributed by atoms with Crippen molar-refractivity contribution in [2.45, 2.75) is 25.7 Å². The van der Waals surface area contributed by atoms with E-state index in [1.165, 1.54) is 5.56 Å². The molecule has 3 heterocycles. The fourth-order valence-electron chi connectivity index (χ4n) is 3.42. The molecule has 1 aliphatic heterocycles. The molecule has 1 fully saturated rings. The molecule has 0 amide bonds. The zero-order chi connectivity index (χ0) is 17.2. The van der Waals surface area contributed by atoms with E-state index < -0.39 is 0 Å². The SMILES string of the molecule is CC1CN(CCn2nc3ccccn3c2=O)CC(c2ccccc2)O1. The van der Waals surface area contributed by atoms with E-state index in [1.807, 2.05) is 36.4 Å². The molecule has 130 valence electrons. The van der Waals surface area contributed by atoms with Crippen LogP contribution in [0, 0.1) is 0 Å². The average Bonchev–Trinajstić information content (AvgIpc) is 2.97. The van der Waals surface area contributed by atoms with Crippen LogP contribution in [0.3, 0.4) is 0 Å². The Bertz CT molecular complexity index is 902. The van der Waals surface area contributed by atoms with Gasteiger partial charge in [-0.1, -0.05) is 36.4 Å². The first-order valence-corrected chi connectivity index (χ1v) is 8.67. The summed E-state index contributed by atoms with van der Waals surface area (Å²) in [4.78, 5) is 14.7. The van der Waals surface area contributed by atoms with E-state index in [0.29, 0.717) is 12.2 Å². The molecular formula is C19H22N4O2. The van der Waals surface area contributed by atoms with Crippen molar-refractivity contribution in [3.63, 3.8) is 0 Å². The second-order valence-electron chi connectivity index (χ2n) is 6.54. The summed E-state index contributed by atoms with van der Waals surface area (Å²) in [7, 11) is 0. The maximum Gasteiger partial charge on any atom is 0.350 e. The molecule has 0 spiro atoms. The second-order valence-corrected chi connectivity index (χ2v) is 6.54. The minimum atomic E-state index is -0.0866. The zero-order valence-electron chi connectivity index (χ0n) is 14.3. The summed E-state index contributed by atoms with van der Waals surface area (Å²) in [6.45, 7) is 5.15. The molecule has 1 aromatic carbocycles. The van der Waals surface area contributed by atoms with Crippen LogP contribution in [0.4, 0.5) is 0 Å². The van der Waals surface area contributed by atoms with Crippen molar-refractivity contribution in [1.29, 1.82) is 0 Å². The Kier molecular flexibility index (Phi) is 4.38. The maximum absolute atomic E-state index is 12.4. The number of morpholine rings is 1. The third-order valence-corrected chi connectivity index (χ3v) is 4.62. The number of aromatic nitrogens is 3. The van der Waals surface area contributed by atoms with Crippen LogP contribution < -0.4 is 5.69 Å². The van der Waals surface area contributed by atoms with Crippen LogP contribution in [0.1, 0.15) is 18.6 Å². The van der Waals surface area contributed by atoms with E-state index in [2.05, 4.69) is 29.1 Å². The van der Waals surface area contributed by atoms with Gasteiger partial charge in [-0.2, -0.15) is 0 Å². The van der Waals surface area contributed by atoms with Crippen LogP contribution in [0.15, 0.2) is 59.5 Å². The molecule has 6 heteroatoms. The summed E-state index contributed by atoms with van der Waals surface area (Å²) in [6.07, 6.45) is 1.99. The smallest absolute Gasteiger partial charge is 0.350 e. The number of nitrogens with zero attached hydrogens (tertiary/aromatic N) is 4. The van der Waals surface area contributed by atoms with Gasteiger partial charge >= 0.3 is 5.69 Å². The Labute approximate surface area is 146 Å². The summed E-state index contributed by atoms with van der Waals surface area (Å²) >= 11 is 0. The highest BCUT2D eigenvalue weighted by molar-refractivity contribution is 5.35. The van der Waals surface area contributed by atoms with E-state index in [4.69, 9.17) is 4.74 Å². The van der Waals surface area contributed by atoms with Crippen molar-refractivity contribution < 1.29 is 4.74 Å². The highest BCUT2D eigenvalue weighted by atomic mass is 16.5. The molecule has 1 aliphatic rings. The molecule has 2 unspecified atom stereocenters. The van der Waals surface area contributed by atoms with E-state index in [-0.39, 0.29) is 17.9 Å². The third-order valence-electron chi connectivity index (χ3n) is 4.62. The molecular weight excluding hydrogens is 316 g/mol. The Morgan fingerprint density at radius 1 is 1.08 bits per heavy atom. The van der Waals surface area contributed by atoms with Crippen LogP contribution in [-0.4, -0.2) is 44.8 Å². The van der Waals surface area contributed by atoms with Crippen molar-refractivity contribution in [1.82, 2.24) is 19.1 Å². The number of pyridine rings is 1. The maximum atomic E-state index is 12.4. The quantitative estimate of drug-likeness (QED) is 0.730. The van der Waals surface area contributed by atoms with Gasteiger partial charge in [-0.05, 0) is 24.6 Å². The lowest BCUT2D eigenvalue weighted by Gasteiger charge is -2.37. The lowest BCUT2D eigenvalue weighted by atomic mass is 10.1. The van der Waals surface area contributed by atoms with Crippen molar-refractivity contribution >= 4 is 5.65 Å². The predicted molar refractivity (Wildman–Crippen MR) is 95.6 cm³/mol. The number of fused-ring (bicyclic) bond motifs is 1. The van der Waals surface area contributed by atoms with E-state index >= 15 is 0 Å². The van der Waals surface area contributed by atoms with Gasteiger partial charge in [0.1, 0.15) is 0 Å². The molecule has 6 nitrogen and oxygen atoms in total. The summed E-state index contributed by atoms with van der Waals surface area (Å²) in [6, 6.07) is 15.9. The minimum Gasteiger partial charge on any atom is -0.368 e. The van der Waals surface area contributed by atoms with Crippen LogP contribution in [0.5, 0.6) is 0 Å². The standard InChI is InChI=1S/C19H22N4O2/c1-15-13-21(14-17(25-15)16-7-3-2-4-8-16)11-12-23-19(24)22-10-6-5-9-18(22)20-23/h2-10,15,17H,11-14H2,1H3. The average molecular weight is 338 g/mol. The van der Waals surface area contributed by atoms with Gasteiger partial charge in [0.25, 0.3) is 0 Å². The summed E-state index contributed by atoms with van der Waals surface area (Å²) < 4.78 is 9.22. The highest BCUT2D eigenvalue weighted by Gasteiger charge is 2.26. The van der Waals surface area contributed by atoms with Crippen LogP contribution in [-0.2, 0) is 11.3 Å². The molecule has 1 saturated heterocycles. The highest BCUT2D eigenvalue weighted by Crippen LogP contribution is 2.24. The predicted octanol–water partition coefficient (Wildman–Crippen LogP) is 1.96. The topological polar surface area (TPSA) is 51.8 Å². The largest absolute Gasteiger partial charge is 0.368 e. The Morgan fingerprint density at radius 3 is 2.68 bits per heavy atom. The van der Waals surface area contributed by atoms with Crippen molar-refractivity contribution in [3.05, 3.63) is 70.8 Å². The fourth-order valence-corrected chi connectivity index (χ4v) is 3.42. The number of hydrogen-bond acceptors (Lipinski definition) is 4. The second kappa shape index (κ2) is 6.82. The summed E-state index contributed by atoms with van der Waals surface area (Å²) in [5.74, 6) is 0. The lowest BCUT2D eigenvalue weighted by Crippen LogP contribution is -2.44. The van der Waals surface area contributed by atoms with Crippen molar-refractivity contribution in [3.8, 4) is 0 Å². The number of ether oxygens (including phenoxy) is 1. The molecule has 0 N–H and O–H groups in total. The molecule has 3 aromatic rings. The molecule has 25 heavy (non-hydrogen) atoms. The number of hydrogen-bond donors (Lipinski definition) is 0. The summed E-state index contributed by atoms with van der Waals surface area (Å²) in [5.41, 5.74) is 1.80.